The Hall–Kier alpha value is -1.64. The molecule has 1 aliphatic heterocycles. The van der Waals surface area contributed by atoms with Crippen LogP contribution in [0.15, 0.2) is 24.3 Å². The molecule has 0 aliphatic carbocycles. The zero-order valence-corrected chi connectivity index (χ0v) is 11.7. The minimum absolute atomic E-state index is 0.0219. The summed E-state index contributed by atoms with van der Waals surface area (Å²) in [6.07, 6.45) is 3.00. The summed E-state index contributed by atoms with van der Waals surface area (Å²) in [6, 6.07) is 8.05. The molecule has 0 aromatic heterocycles. The van der Waals surface area contributed by atoms with Gasteiger partial charge in [0.1, 0.15) is 5.78 Å². The topological polar surface area (TPSA) is 37.4 Å². The van der Waals surface area contributed by atoms with E-state index in [1.807, 2.05) is 19.1 Å². The average molecular weight is 259 g/mol. The molecular weight excluding hydrogens is 238 g/mol. The maximum atomic E-state index is 12.4. The van der Waals surface area contributed by atoms with Gasteiger partial charge in [-0.3, -0.25) is 9.59 Å². The number of hydrogen-bond acceptors (Lipinski definition) is 2. The molecule has 0 unspecified atom stereocenters. The molecule has 1 heterocycles. The Morgan fingerprint density at radius 3 is 2.84 bits per heavy atom. The second-order valence-electron chi connectivity index (χ2n) is 5.03. The third kappa shape index (κ3) is 2.86. The first-order valence-corrected chi connectivity index (χ1v) is 7.10. The average Bonchev–Trinajstić information content (AvgIpc) is 2.46. The number of Topliss-reactive ketones (excluding diaryl/α,β-unsaturated/α-hetero) is 1. The molecule has 3 nitrogen and oxygen atoms in total. The van der Waals surface area contributed by atoms with Crippen LogP contribution in [0.3, 0.4) is 0 Å². The molecule has 0 bridgehead atoms. The van der Waals surface area contributed by atoms with Crippen molar-refractivity contribution in [2.75, 3.05) is 11.4 Å². The highest BCUT2D eigenvalue weighted by molar-refractivity contribution is 6.08. The van der Waals surface area contributed by atoms with Crippen LogP contribution in [-0.4, -0.2) is 18.2 Å². The summed E-state index contributed by atoms with van der Waals surface area (Å²) >= 11 is 0. The predicted molar refractivity (Wildman–Crippen MR) is 76.2 cm³/mol. The number of carbonyl (C=O) groups excluding carboxylic acids is 2. The lowest BCUT2D eigenvalue weighted by Crippen LogP contribution is -2.44. The van der Waals surface area contributed by atoms with Crippen LogP contribution in [0.2, 0.25) is 0 Å². The largest absolute Gasteiger partial charge is 0.312 e. The molecule has 0 N–H and O–H groups in total. The van der Waals surface area contributed by atoms with Crippen molar-refractivity contribution in [2.24, 2.45) is 5.92 Å². The van der Waals surface area contributed by atoms with Gasteiger partial charge in [0.05, 0.1) is 5.92 Å². The summed E-state index contributed by atoms with van der Waals surface area (Å²) in [5.74, 6) is -0.378. The molecule has 1 atom stereocenters. The highest BCUT2D eigenvalue weighted by Gasteiger charge is 2.33. The van der Waals surface area contributed by atoms with Crippen LogP contribution in [0.25, 0.3) is 0 Å². The van der Waals surface area contributed by atoms with E-state index in [0.717, 1.165) is 25.1 Å². The van der Waals surface area contributed by atoms with Crippen molar-refractivity contribution in [2.45, 2.75) is 39.5 Å². The highest BCUT2D eigenvalue weighted by atomic mass is 16.2. The second-order valence-corrected chi connectivity index (χ2v) is 5.03. The SMILES string of the molecule is CCC(=O)[C@H]1CCCN(c2cccc(CC)c2)C1=O. The van der Waals surface area contributed by atoms with Crippen molar-refractivity contribution in [3.05, 3.63) is 29.8 Å². The van der Waals surface area contributed by atoms with E-state index in [0.29, 0.717) is 12.8 Å². The van der Waals surface area contributed by atoms with Gasteiger partial charge in [0.2, 0.25) is 5.91 Å². The van der Waals surface area contributed by atoms with E-state index in [2.05, 4.69) is 19.1 Å². The van der Waals surface area contributed by atoms with E-state index in [4.69, 9.17) is 0 Å². The number of ketones is 1. The third-order valence-electron chi connectivity index (χ3n) is 3.81. The number of aryl methyl sites for hydroxylation is 1. The Kier molecular flexibility index (Phi) is 4.35. The molecule has 0 saturated carbocycles. The summed E-state index contributed by atoms with van der Waals surface area (Å²) < 4.78 is 0. The quantitative estimate of drug-likeness (QED) is 0.780. The minimum atomic E-state index is -0.427. The fourth-order valence-corrected chi connectivity index (χ4v) is 2.62. The van der Waals surface area contributed by atoms with E-state index in [-0.39, 0.29) is 11.7 Å². The van der Waals surface area contributed by atoms with Crippen molar-refractivity contribution in [1.29, 1.82) is 0 Å². The van der Waals surface area contributed by atoms with Gasteiger partial charge in [-0.2, -0.15) is 0 Å². The summed E-state index contributed by atoms with van der Waals surface area (Å²) in [5.41, 5.74) is 2.15. The lowest BCUT2D eigenvalue weighted by Gasteiger charge is -2.31. The number of amides is 1. The first-order chi connectivity index (χ1) is 9.17. The van der Waals surface area contributed by atoms with Gasteiger partial charge in [0, 0.05) is 18.7 Å². The van der Waals surface area contributed by atoms with Crippen molar-refractivity contribution < 1.29 is 9.59 Å². The first kappa shape index (κ1) is 13.8. The van der Waals surface area contributed by atoms with Gasteiger partial charge in [-0.1, -0.05) is 26.0 Å². The molecule has 3 heteroatoms. The Labute approximate surface area is 114 Å². The van der Waals surface area contributed by atoms with Gasteiger partial charge < -0.3 is 4.90 Å². The zero-order chi connectivity index (χ0) is 13.8. The number of anilines is 1. The van der Waals surface area contributed by atoms with Crippen LogP contribution in [0.1, 0.15) is 38.7 Å². The van der Waals surface area contributed by atoms with Gasteiger partial charge in [-0.25, -0.2) is 0 Å². The Morgan fingerprint density at radius 2 is 2.16 bits per heavy atom. The van der Waals surface area contributed by atoms with E-state index >= 15 is 0 Å². The summed E-state index contributed by atoms with van der Waals surface area (Å²) in [4.78, 5) is 26.0. The van der Waals surface area contributed by atoms with E-state index in [1.54, 1.807) is 4.90 Å². The molecule has 1 fully saturated rings. The molecule has 0 spiro atoms. The van der Waals surface area contributed by atoms with Crippen molar-refractivity contribution >= 4 is 17.4 Å². The molecule has 1 aromatic rings. The lowest BCUT2D eigenvalue weighted by atomic mass is 9.91. The van der Waals surface area contributed by atoms with Gasteiger partial charge >= 0.3 is 0 Å². The smallest absolute Gasteiger partial charge is 0.237 e. The van der Waals surface area contributed by atoms with Crippen LogP contribution in [0, 0.1) is 5.92 Å². The molecule has 1 saturated heterocycles. The van der Waals surface area contributed by atoms with Crippen LogP contribution in [0.4, 0.5) is 5.69 Å². The number of nitrogens with zero attached hydrogens (tertiary/aromatic N) is 1. The van der Waals surface area contributed by atoms with E-state index in [9.17, 15) is 9.59 Å². The molecule has 0 radical (unpaired) electrons. The maximum absolute atomic E-state index is 12.4. The fraction of sp³-hybridized carbons (Fsp3) is 0.500. The summed E-state index contributed by atoms with van der Waals surface area (Å²) in [7, 11) is 0. The van der Waals surface area contributed by atoms with Crippen LogP contribution >= 0.6 is 0 Å². The van der Waals surface area contributed by atoms with Crippen LogP contribution in [-0.2, 0) is 16.0 Å². The first-order valence-electron chi connectivity index (χ1n) is 7.10. The Balaban J connectivity index is 2.23. The Bertz CT molecular complexity index is 481. The van der Waals surface area contributed by atoms with Crippen molar-refractivity contribution in [3.63, 3.8) is 0 Å². The number of piperidine rings is 1. The van der Waals surface area contributed by atoms with Crippen molar-refractivity contribution in [3.8, 4) is 0 Å². The molecule has 19 heavy (non-hydrogen) atoms. The molecule has 1 aromatic carbocycles. The minimum Gasteiger partial charge on any atom is -0.312 e. The second kappa shape index (κ2) is 6.00. The molecular formula is C16H21NO2. The van der Waals surface area contributed by atoms with E-state index in [1.165, 1.54) is 5.56 Å². The normalized spacial score (nSPS) is 19.6. The summed E-state index contributed by atoms with van der Waals surface area (Å²) in [5, 5.41) is 0. The van der Waals surface area contributed by atoms with Crippen molar-refractivity contribution in [1.82, 2.24) is 0 Å². The number of carbonyl (C=O) groups is 2. The Morgan fingerprint density at radius 1 is 1.37 bits per heavy atom. The molecule has 1 aliphatic rings. The van der Waals surface area contributed by atoms with E-state index < -0.39 is 5.92 Å². The molecule has 1 amide bonds. The standard InChI is InChI=1S/C16H21NO2/c1-3-12-7-5-8-13(11-12)17-10-6-9-14(16(17)19)15(18)4-2/h5,7-8,11,14H,3-4,6,9-10H2,1-2H3/t14-/m1/s1. The third-order valence-corrected chi connectivity index (χ3v) is 3.81. The highest BCUT2D eigenvalue weighted by Crippen LogP contribution is 2.26. The lowest BCUT2D eigenvalue weighted by molar-refractivity contribution is -0.133. The molecule has 102 valence electrons. The van der Waals surface area contributed by atoms with Crippen LogP contribution < -0.4 is 4.90 Å². The van der Waals surface area contributed by atoms with Gasteiger partial charge in [-0.15, -0.1) is 0 Å². The van der Waals surface area contributed by atoms with Gasteiger partial charge in [0.15, 0.2) is 0 Å². The molecule has 2 rings (SSSR count). The number of rotatable bonds is 4. The monoisotopic (exact) mass is 259 g/mol. The predicted octanol–water partition coefficient (Wildman–Crippen LogP) is 2.97. The van der Waals surface area contributed by atoms with Crippen LogP contribution in [0.5, 0.6) is 0 Å². The number of hydrogen-bond donors (Lipinski definition) is 0. The summed E-state index contributed by atoms with van der Waals surface area (Å²) in [6.45, 7) is 4.65. The van der Waals surface area contributed by atoms with Gasteiger partial charge in [-0.05, 0) is 37.0 Å². The fourth-order valence-electron chi connectivity index (χ4n) is 2.62. The maximum Gasteiger partial charge on any atom is 0.237 e. The van der Waals surface area contributed by atoms with Gasteiger partial charge in [0.25, 0.3) is 0 Å². The number of benzene rings is 1. The zero-order valence-electron chi connectivity index (χ0n) is 11.7.